The van der Waals surface area contributed by atoms with E-state index in [-0.39, 0.29) is 10.6 Å². The predicted octanol–water partition coefficient (Wildman–Crippen LogP) is 3.15. The molecule has 2 aromatic rings. The number of aryl methyl sites for hydroxylation is 2. The molecule has 1 aromatic carbocycles. The Hall–Kier alpha value is -1.60. The zero-order valence-corrected chi connectivity index (χ0v) is 15.0. The molecule has 0 spiro atoms. The van der Waals surface area contributed by atoms with E-state index in [1.807, 2.05) is 13.8 Å². The average molecular weight is 358 g/mol. The van der Waals surface area contributed by atoms with Gasteiger partial charge >= 0.3 is 7.75 Å². The van der Waals surface area contributed by atoms with Gasteiger partial charge in [-0.3, -0.25) is 14.1 Å². The van der Waals surface area contributed by atoms with Crippen LogP contribution in [0.2, 0.25) is 0 Å². The smallest absolute Gasteiger partial charge is 0.296 e. The fourth-order valence-corrected chi connectivity index (χ4v) is 4.34. The van der Waals surface area contributed by atoms with Crippen molar-refractivity contribution in [2.24, 2.45) is 0 Å². The summed E-state index contributed by atoms with van der Waals surface area (Å²) in [5, 5.41) is 2.54. The molecule has 1 heterocycles. The van der Waals surface area contributed by atoms with Crippen LogP contribution in [0, 0.1) is 13.8 Å². The van der Waals surface area contributed by atoms with Crippen LogP contribution in [0.25, 0.3) is 0 Å². The molecule has 1 aromatic heterocycles. The van der Waals surface area contributed by atoms with Gasteiger partial charge < -0.3 is 0 Å². The van der Waals surface area contributed by atoms with Crippen molar-refractivity contribution in [3.63, 3.8) is 0 Å². The van der Waals surface area contributed by atoms with Gasteiger partial charge in [-0.05, 0) is 37.1 Å². The molecule has 0 aliphatic rings. The summed E-state index contributed by atoms with van der Waals surface area (Å²) in [6.45, 7) is 3.66. The lowest BCUT2D eigenvalue weighted by Crippen LogP contribution is -2.14. The van der Waals surface area contributed by atoms with E-state index in [0.29, 0.717) is 0 Å². The van der Waals surface area contributed by atoms with Gasteiger partial charge in [-0.15, -0.1) is 0 Å². The summed E-state index contributed by atoms with van der Waals surface area (Å²) in [6.07, 6.45) is 3.07. The van der Waals surface area contributed by atoms with E-state index in [1.54, 1.807) is 12.1 Å². The molecule has 7 nitrogen and oxygen atoms in total. The average Bonchev–Trinajstić information content (AvgIpc) is 2.88. The minimum atomic E-state index is -3.84. The first-order valence-electron chi connectivity index (χ1n) is 6.73. The summed E-state index contributed by atoms with van der Waals surface area (Å²) in [5.41, 5.74) is 1.86. The number of hydrogen-bond donors (Lipinski definition) is 1. The Morgan fingerprint density at radius 2 is 1.57 bits per heavy atom. The molecule has 2 rings (SSSR count). The van der Waals surface area contributed by atoms with Gasteiger partial charge in [0.25, 0.3) is 10.0 Å². The Bertz CT molecular complexity index is 832. The third-order valence-corrected chi connectivity index (χ3v) is 6.60. The van der Waals surface area contributed by atoms with Crippen LogP contribution >= 0.6 is 7.75 Å². The fraction of sp³-hybridized carbons (Fsp3) is 0.286. The Morgan fingerprint density at radius 1 is 1.04 bits per heavy atom. The lowest BCUT2D eigenvalue weighted by molar-refractivity contribution is 0.281. The van der Waals surface area contributed by atoms with E-state index in [2.05, 4.69) is 5.09 Å². The standard InChI is InChI=1S/C14H19N2O5PS/c1-11-9-16(10-12(11)2)23(18,19)14-8-6-5-7-13(14)15-22(17,20-3)21-4/h5-10H,1-4H3,(H,15,17). The number of rotatable bonds is 6. The molecule has 0 aliphatic heterocycles. The van der Waals surface area contributed by atoms with Crippen molar-refractivity contribution in [1.82, 2.24) is 3.97 Å². The second-order valence-corrected chi connectivity index (χ2v) is 8.69. The highest BCUT2D eigenvalue weighted by atomic mass is 32.2. The van der Waals surface area contributed by atoms with Gasteiger partial charge in [-0.2, -0.15) is 0 Å². The van der Waals surface area contributed by atoms with Crippen molar-refractivity contribution in [1.29, 1.82) is 0 Å². The lowest BCUT2D eigenvalue weighted by atomic mass is 10.2. The summed E-state index contributed by atoms with van der Waals surface area (Å²) >= 11 is 0. The molecule has 0 saturated carbocycles. The molecule has 0 fully saturated rings. The molecule has 0 amide bonds. The second-order valence-electron chi connectivity index (χ2n) is 4.93. The van der Waals surface area contributed by atoms with E-state index in [1.165, 1.54) is 38.7 Å². The van der Waals surface area contributed by atoms with Crippen molar-refractivity contribution in [3.05, 3.63) is 47.8 Å². The monoisotopic (exact) mass is 358 g/mol. The van der Waals surface area contributed by atoms with Gasteiger partial charge in [0.2, 0.25) is 0 Å². The third-order valence-electron chi connectivity index (χ3n) is 3.44. The van der Waals surface area contributed by atoms with Crippen LogP contribution in [-0.2, 0) is 23.6 Å². The first-order valence-corrected chi connectivity index (χ1v) is 9.71. The van der Waals surface area contributed by atoms with Crippen molar-refractivity contribution in [2.75, 3.05) is 19.3 Å². The molecule has 1 N–H and O–H groups in total. The molecular weight excluding hydrogens is 339 g/mol. The zero-order valence-electron chi connectivity index (χ0n) is 13.3. The van der Waals surface area contributed by atoms with Gasteiger partial charge in [0.1, 0.15) is 4.90 Å². The summed E-state index contributed by atoms with van der Waals surface area (Å²) < 4.78 is 48.7. The van der Waals surface area contributed by atoms with Crippen molar-refractivity contribution >= 4 is 23.5 Å². The first kappa shape index (κ1) is 17.7. The molecule has 23 heavy (non-hydrogen) atoms. The van der Waals surface area contributed by atoms with Crippen molar-refractivity contribution in [2.45, 2.75) is 18.7 Å². The number of hydrogen-bond acceptors (Lipinski definition) is 5. The van der Waals surface area contributed by atoms with Crippen molar-refractivity contribution < 1.29 is 22.0 Å². The van der Waals surface area contributed by atoms with Gasteiger partial charge in [-0.1, -0.05) is 12.1 Å². The maximum absolute atomic E-state index is 12.8. The molecule has 9 heteroatoms. The highest BCUT2D eigenvalue weighted by Gasteiger charge is 2.27. The molecule has 0 unspecified atom stereocenters. The fourth-order valence-electron chi connectivity index (χ4n) is 1.97. The van der Waals surface area contributed by atoms with E-state index in [0.717, 1.165) is 15.1 Å². The van der Waals surface area contributed by atoms with Crippen LogP contribution in [-0.4, -0.2) is 26.6 Å². The van der Waals surface area contributed by atoms with Gasteiger partial charge in [0.05, 0.1) is 5.69 Å². The van der Waals surface area contributed by atoms with Gasteiger partial charge in [0, 0.05) is 26.6 Å². The Labute approximate surface area is 135 Å². The van der Waals surface area contributed by atoms with Gasteiger partial charge in [0.15, 0.2) is 0 Å². The number of nitrogens with one attached hydrogen (secondary N) is 1. The van der Waals surface area contributed by atoms with E-state index in [9.17, 15) is 13.0 Å². The lowest BCUT2D eigenvalue weighted by Gasteiger charge is -2.18. The van der Waals surface area contributed by atoms with Crippen LogP contribution in [0.3, 0.4) is 0 Å². The van der Waals surface area contributed by atoms with E-state index < -0.39 is 17.8 Å². The molecule has 0 aliphatic carbocycles. The van der Waals surface area contributed by atoms with E-state index in [4.69, 9.17) is 9.05 Å². The maximum atomic E-state index is 12.8. The normalized spacial score (nSPS) is 12.3. The Kier molecular flexibility index (Phi) is 5.01. The van der Waals surface area contributed by atoms with Gasteiger partial charge in [-0.25, -0.2) is 17.0 Å². The van der Waals surface area contributed by atoms with E-state index >= 15 is 0 Å². The SMILES string of the molecule is COP(=O)(Nc1ccccc1S(=O)(=O)n1cc(C)c(C)c1)OC. The highest BCUT2D eigenvalue weighted by Crippen LogP contribution is 2.47. The second kappa shape index (κ2) is 6.49. The zero-order chi connectivity index (χ0) is 17.3. The number of aromatic nitrogens is 1. The quantitative estimate of drug-likeness (QED) is 0.798. The number of anilines is 1. The third kappa shape index (κ3) is 3.50. The molecule has 0 radical (unpaired) electrons. The Balaban J connectivity index is 2.54. The maximum Gasteiger partial charge on any atom is 0.432 e. The molecule has 0 bridgehead atoms. The predicted molar refractivity (Wildman–Crippen MR) is 88.2 cm³/mol. The van der Waals surface area contributed by atoms with Crippen LogP contribution in [0.15, 0.2) is 41.6 Å². The largest absolute Gasteiger partial charge is 0.432 e. The number of para-hydroxylation sites is 1. The minimum Gasteiger partial charge on any atom is -0.296 e. The Morgan fingerprint density at radius 3 is 2.09 bits per heavy atom. The van der Waals surface area contributed by atoms with Crippen LogP contribution < -0.4 is 5.09 Å². The summed E-state index contributed by atoms with van der Waals surface area (Å²) in [7, 11) is -5.03. The topological polar surface area (TPSA) is 86.6 Å². The number of nitrogens with zero attached hydrogens (tertiary/aromatic N) is 1. The van der Waals surface area contributed by atoms with Crippen LogP contribution in [0.1, 0.15) is 11.1 Å². The summed E-state index contributed by atoms with van der Waals surface area (Å²) in [6, 6.07) is 6.15. The van der Waals surface area contributed by atoms with Crippen LogP contribution in [0.5, 0.6) is 0 Å². The van der Waals surface area contributed by atoms with Crippen molar-refractivity contribution in [3.8, 4) is 0 Å². The summed E-state index contributed by atoms with van der Waals surface area (Å²) in [5.74, 6) is 0. The summed E-state index contributed by atoms with van der Waals surface area (Å²) in [4.78, 5) is -0.0238. The first-order chi connectivity index (χ1) is 10.7. The number of benzene rings is 1. The molecule has 126 valence electrons. The molecule has 0 saturated heterocycles. The molecule has 0 atom stereocenters. The highest BCUT2D eigenvalue weighted by molar-refractivity contribution is 7.90. The molecular formula is C14H19N2O5PS. The minimum absolute atomic E-state index is 0.0238. The van der Waals surface area contributed by atoms with Crippen LogP contribution in [0.4, 0.5) is 5.69 Å².